The van der Waals surface area contributed by atoms with E-state index in [1.165, 1.54) is 6.92 Å². The van der Waals surface area contributed by atoms with Gasteiger partial charge in [-0.15, -0.1) is 0 Å². The molecule has 0 fully saturated rings. The zero-order chi connectivity index (χ0) is 10.9. The zero-order valence-electron chi connectivity index (χ0n) is 7.85. The maximum Gasteiger partial charge on any atom is 0.240 e. The number of dihydropyridines is 1. The number of aliphatic imine (C=N–C) groups is 1. The molecule has 4 nitrogen and oxygen atoms in total. The van der Waals surface area contributed by atoms with Gasteiger partial charge in [0.05, 0.1) is 10.7 Å². The summed E-state index contributed by atoms with van der Waals surface area (Å²) in [5.41, 5.74) is 0.920. The molecule has 0 aliphatic carbocycles. The van der Waals surface area contributed by atoms with Gasteiger partial charge < -0.3 is 5.32 Å². The maximum absolute atomic E-state index is 11.4. The predicted octanol–water partition coefficient (Wildman–Crippen LogP) is 1.13. The van der Waals surface area contributed by atoms with Gasteiger partial charge >= 0.3 is 0 Å². The third-order valence-electron chi connectivity index (χ3n) is 1.72. The molecule has 1 aliphatic heterocycles. The lowest BCUT2D eigenvalue weighted by atomic mass is 10.1. The van der Waals surface area contributed by atoms with Crippen LogP contribution < -0.4 is 5.32 Å². The van der Waals surface area contributed by atoms with Crippen molar-refractivity contribution >= 4 is 29.1 Å². The number of rotatable bonds is 0. The Morgan fingerprint density at radius 1 is 1.57 bits per heavy atom. The molecule has 1 N–H and O–H groups in total. The normalized spacial score (nSPS) is 16.9. The van der Waals surface area contributed by atoms with E-state index in [1.54, 1.807) is 6.92 Å². The van der Waals surface area contributed by atoms with Crippen molar-refractivity contribution in [3.8, 4) is 0 Å². The average Bonchev–Trinajstić information content (AvgIpc) is 2.10. The van der Waals surface area contributed by atoms with Crippen LogP contribution in [-0.2, 0) is 9.59 Å². The number of nitrogens with zero attached hydrogens (tertiary/aromatic N) is 1. The molecule has 0 saturated heterocycles. The summed E-state index contributed by atoms with van der Waals surface area (Å²) in [6.07, 6.45) is 0. The van der Waals surface area contributed by atoms with Gasteiger partial charge in [0, 0.05) is 6.92 Å². The molecule has 1 rings (SSSR count). The Balaban J connectivity index is 3.03. The van der Waals surface area contributed by atoms with Gasteiger partial charge in [-0.25, -0.2) is 4.99 Å². The average molecular weight is 213 g/mol. The highest BCUT2D eigenvalue weighted by molar-refractivity contribution is 6.60. The second-order valence-corrected chi connectivity index (χ2v) is 3.23. The van der Waals surface area contributed by atoms with E-state index in [-0.39, 0.29) is 16.8 Å². The van der Waals surface area contributed by atoms with E-state index in [9.17, 15) is 9.59 Å². The fourth-order valence-corrected chi connectivity index (χ4v) is 1.12. The van der Waals surface area contributed by atoms with Crippen LogP contribution in [0.1, 0.15) is 13.8 Å². The summed E-state index contributed by atoms with van der Waals surface area (Å²) >= 11 is 5.73. The van der Waals surface area contributed by atoms with Gasteiger partial charge in [0.1, 0.15) is 0 Å². The van der Waals surface area contributed by atoms with E-state index in [0.717, 1.165) is 0 Å². The van der Waals surface area contributed by atoms with Crippen LogP contribution in [0.4, 0.5) is 0 Å². The zero-order valence-corrected chi connectivity index (χ0v) is 8.60. The monoisotopic (exact) mass is 212 g/mol. The standard InChI is InChI=1S/C9H9ClN2O2/c1-4-5(2)11-9(12-6(3)13)8(14)7(4)10/h2H2,1,3H3,(H,11,12,13). The molecule has 5 heteroatoms. The Labute approximate surface area is 86.3 Å². The fourth-order valence-electron chi connectivity index (χ4n) is 0.922. The Bertz CT molecular complexity index is 394. The molecule has 14 heavy (non-hydrogen) atoms. The van der Waals surface area contributed by atoms with Crippen LogP contribution in [0.15, 0.2) is 27.9 Å². The van der Waals surface area contributed by atoms with Crippen molar-refractivity contribution in [1.82, 2.24) is 5.32 Å². The van der Waals surface area contributed by atoms with Gasteiger partial charge in [0.25, 0.3) is 0 Å². The van der Waals surface area contributed by atoms with E-state index >= 15 is 0 Å². The molecule has 0 aromatic rings. The number of carbonyl (C=O) groups is 2. The molecule has 0 aromatic carbocycles. The highest BCUT2D eigenvalue weighted by Gasteiger charge is 2.24. The summed E-state index contributed by atoms with van der Waals surface area (Å²) < 4.78 is 0. The van der Waals surface area contributed by atoms with Crippen LogP contribution in [-0.4, -0.2) is 17.5 Å². The summed E-state index contributed by atoms with van der Waals surface area (Å²) in [5.74, 6) is -0.918. The molecule has 1 heterocycles. The summed E-state index contributed by atoms with van der Waals surface area (Å²) in [5, 5.41) is 2.34. The van der Waals surface area contributed by atoms with E-state index < -0.39 is 5.78 Å². The number of amidine groups is 1. The second-order valence-electron chi connectivity index (χ2n) is 2.86. The smallest absolute Gasteiger partial charge is 0.240 e. The number of halogens is 1. The molecule has 0 atom stereocenters. The van der Waals surface area contributed by atoms with Crippen molar-refractivity contribution in [3.05, 3.63) is 22.9 Å². The number of nitrogens with one attached hydrogen (secondary N) is 1. The molecular weight excluding hydrogens is 204 g/mol. The summed E-state index contributed by atoms with van der Waals surface area (Å²) in [6, 6.07) is 0. The van der Waals surface area contributed by atoms with Crippen molar-refractivity contribution < 1.29 is 9.59 Å². The van der Waals surface area contributed by atoms with Crippen molar-refractivity contribution in [2.75, 3.05) is 0 Å². The van der Waals surface area contributed by atoms with Crippen LogP contribution in [0.5, 0.6) is 0 Å². The number of carbonyl (C=O) groups excluding carboxylic acids is 2. The van der Waals surface area contributed by atoms with Crippen LogP contribution in [0.3, 0.4) is 0 Å². The SMILES string of the molecule is C=C1N=C(NC(C)=O)C(=O)C(Cl)=C1C. The van der Waals surface area contributed by atoms with Crippen molar-refractivity contribution in [2.24, 2.45) is 4.99 Å². The molecule has 1 aliphatic rings. The maximum atomic E-state index is 11.4. The van der Waals surface area contributed by atoms with Crippen LogP contribution in [0.2, 0.25) is 0 Å². The van der Waals surface area contributed by atoms with Gasteiger partial charge in [-0.2, -0.15) is 0 Å². The topological polar surface area (TPSA) is 58.5 Å². The van der Waals surface area contributed by atoms with E-state index in [2.05, 4.69) is 16.9 Å². The van der Waals surface area contributed by atoms with E-state index in [0.29, 0.717) is 11.3 Å². The first-order chi connectivity index (χ1) is 6.43. The molecule has 1 amide bonds. The molecule has 74 valence electrons. The minimum atomic E-state index is -0.480. The molecule has 0 spiro atoms. The molecule has 0 saturated carbocycles. The van der Waals surface area contributed by atoms with Crippen LogP contribution >= 0.6 is 11.6 Å². The number of ketones is 1. The van der Waals surface area contributed by atoms with Gasteiger partial charge in [0.2, 0.25) is 11.7 Å². The minimum absolute atomic E-state index is 0.0498. The lowest BCUT2D eigenvalue weighted by Gasteiger charge is -2.13. The van der Waals surface area contributed by atoms with Gasteiger partial charge in [-0.05, 0) is 12.5 Å². The van der Waals surface area contributed by atoms with Crippen molar-refractivity contribution in [1.29, 1.82) is 0 Å². The summed E-state index contributed by atoms with van der Waals surface area (Å²) in [7, 11) is 0. The van der Waals surface area contributed by atoms with E-state index in [4.69, 9.17) is 11.6 Å². The first kappa shape index (κ1) is 10.7. The first-order valence-corrected chi connectivity index (χ1v) is 4.28. The van der Waals surface area contributed by atoms with Gasteiger partial charge in [0.15, 0.2) is 5.84 Å². The van der Waals surface area contributed by atoms with Gasteiger partial charge in [-0.3, -0.25) is 9.59 Å². The summed E-state index contributed by atoms with van der Waals surface area (Å²) in [4.78, 5) is 26.0. The Hall–Kier alpha value is -1.42. The van der Waals surface area contributed by atoms with Crippen LogP contribution in [0, 0.1) is 0 Å². The van der Waals surface area contributed by atoms with Crippen molar-refractivity contribution in [2.45, 2.75) is 13.8 Å². The third-order valence-corrected chi connectivity index (χ3v) is 2.17. The largest absolute Gasteiger partial charge is 0.308 e. The number of amides is 1. The highest BCUT2D eigenvalue weighted by Crippen LogP contribution is 2.22. The third kappa shape index (κ3) is 1.90. The Morgan fingerprint density at radius 2 is 2.14 bits per heavy atom. The molecule has 0 radical (unpaired) electrons. The molecule has 0 unspecified atom stereocenters. The summed E-state index contributed by atoms with van der Waals surface area (Å²) in [6.45, 7) is 6.54. The fraction of sp³-hybridized carbons (Fsp3) is 0.222. The number of hydrogen-bond donors (Lipinski definition) is 1. The molecule has 0 bridgehead atoms. The Morgan fingerprint density at radius 3 is 2.64 bits per heavy atom. The molecular formula is C9H9ClN2O2. The van der Waals surface area contributed by atoms with Crippen LogP contribution in [0.25, 0.3) is 0 Å². The number of Topliss-reactive ketones (excluding diaryl/α,β-unsaturated/α-hetero) is 1. The lowest BCUT2D eigenvalue weighted by Crippen LogP contribution is -2.36. The quantitative estimate of drug-likeness (QED) is 0.655. The van der Waals surface area contributed by atoms with Crippen molar-refractivity contribution in [3.63, 3.8) is 0 Å². The lowest BCUT2D eigenvalue weighted by molar-refractivity contribution is -0.118. The highest BCUT2D eigenvalue weighted by atomic mass is 35.5. The number of hydrogen-bond acceptors (Lipinski definition) is 3. The van der Waals surface area contributed by atoms with E-state index in [1.807, 2.05) is 0 Å². The molecule has 0 aromatic heterocycles. The Kier molecular flexibility index (Phi) is 2.86. The predicted molar refractivity (Wildman–Crippen MR) is 54.0 cm³/mol. The first-order valence-electron chi connectivity index (χ1n) is 3.90. The number of allylic oxidation sites excluding steroid dienone is 1. The minimum Gasteiger partial charge on any atom is -0.308 e. The second kappa shape index (κ2) is 3.75. The van der Waals surface area contributed by atoms with Gasteiger partial charge in [-0.1, -0.05) is 18.2 Å².